The molecule has 3 heteroatoms. The van der Waals surface area contributed by atoms with Gasteiger partial charge in [-0.1, -0.05) is 0 Å². The van der Waals surface area contributed by atoms with E-state index in [2.05, 4.69) is 4.99 Å². The summed E-state index contributed by atoms with van der Waals surface area (Å²) < 4.78 is 10.4. The summed E-state index contributed by atoms with van der Waals surface area (Å²) in [5, 5.41) is 0. The molecular weight excluding hydrogens is 118 g/mol. The summed E-state index contributed by atoms with van der Waals surface area (Å²) in [5.74, 6) is 0. The van der Waals surface area contributed by atoms with Crippen molar-refractivity contribution in [2.75, 3.05) is 26.9 Å². The van der Waals surface area contributed by atoms with Crippen LogP contribution in [0.4, 0.5) is 0 Å². The molecule has 52 valence electrons. The van der Waals surface area contributed by atoms with Crippen LogP contribution in [0.3, 0.4) is 0 Å². The summed E-state index contributed by atoms with van der Waals surface area (Å²) in [5.41, 5.74) is 0. The Hall–Kier alpha value is -0.410. The molecule has 1 atom stereocenters. The molecule has 1 unspecified atom stereocenters. The van der Waals surface area contributed by atoms with E-state index < -0.39 is 0 Å². The zero-order valence-corrected chi connectivity index (χ0v) is 5.54. The number of aliphatic imine (C=N–C) groups is 1. The smallest absolute Gasteiger partial charge is 0.115 e. The Morgan fingerprint density at radius 1 is 1.56 bits per heavy atom. The second-order valence-corrected chi connectivity index (χ2v) is 1.89. The van der Waals surface area contributed by atoms with Gasteiger partial charge in [-0.2, -0.15) is 0 Å². The average Bonchev–Trinajstić information content (AvgIpc) is 1.91. The summed E-state index contributed by atoms with van der Waals surface area (Å²) >= 11 is 0. The average molecular weight is 129 g/mol. The quantitative estimate of drug-likeness (QED) is 0.470. The number of nitrogens with zero attached hydrogens (tertiary/aromatic N) is 1. The molecule has 0 aromatic rings. The van der Waals surface area contributed by atoms with Gasteiger partial charge < -0.3 is 9.47 Å². The van der Waals surface area contributed by atoms with Crippen molar-refractivity contribution in [2.24, 2.45) is 4.99 Å². The van der Waals surface area contributed by atoms with E-state index in [0.29, 0.717) is 19.8 Å². The normalized spacial score (nSPS) is 29.2. The van der Waals surface area contributed by atoms with Crippen LogP contribution in [-0.4, -0.2) is 39.2 Å². The van der Waals surface area contributed by atoms with Crippen molar-refractivity contribution in [3.63, 3.8) is 0 Å². The molecule has 0 aromatic carbocycles. The standard InChI is InChI=1S/C6H11NO2/c1-7-4-6-5-8-2-3-9-6/h4,6H,2-3,5H2,1H3. The van der Waals surface area contributed by atoms with Crippen molar-refractivity contribution in [1.29, 1.82) is 0 Å². The third kappa shape index (κ3) is 2.11. The van der Waals surface area contributed by atoms with E-state index >= 15 is 0 Å². The molecule has 0 aromatic heterocycles. The molecule has 0 N–H and O–H groups in total. The zero-order valence-electron chi connectivity index (χ0n) is 5.54. The van der Waals surface area contributed by atoms with Crippen molar-refractivity contribution >= 4 is 6.21 Å². The van der Waals surface area contributed by atoms with Crippen molar-refractivity contribution < 1.29 is 9.47 Å². The minimum atomic E-state index is 0.0868. The highest BCUT2D eigenvalue weighted by Crippen LogP contribution is 1.96. The molecule has 0 aliphatic carbocycles. The van der Waals surface area contributed by atoms with Gasteiger partial charge >= 0.3 is 0 Å². The molecule has 0 amide bonds. The van der Waals surface area contributed by atoms with Gasteiger partial charge in [-0.05, 0) is 0 Å². The second kappa shape index (κ2) is 3.58. The number of rotatable bonds is 1. The topological polar surface area (TPSA) is 30.8 Å². The van der Waals surface area contributed by atoms with Crippen LogP contribution in [-0.2, 0) is 9.47 Å². The van der Waals surface area contributed by atoms with Crippen LogP contribution in [0.2, 0.25) is 0 Å². The highest BCUT2D eigenvalue weighted by Gasteiger charge is 2.09. The van der Waals surface area contributed by atoms with Crippen LogP contribution in [0, 0.1) is 0 Å². The molecule has 1 aliphatic heterocycles. The van der Waals surface area contributed by atoms with Gasteiger partial charge in [0.05, 0.1) is 19.8 Å². The van der Waals surface area contributed by atoms with Crippen LogP contribution in [0.15, 0.2) is 4.99 Å². The predicted molar refractivity (Wildman–Crippen MR) is 35.0 cm³/mol. The second-order valence-electron chi connectivity index (χ2n) is 1.89. The van der Waals surface area contributed by atoms with Crippen molar-refractivity contribution in [2.45, 2.75) is 6.10 Å². The maximum absolute atomic E-state index is 5.24. The van der Waals surface area contributed by atoms with Crippen LogP contribution in [0.1, 0.15) is 0 Å². The van der Waals surface area contributed by atoms with Crippen LogP contribution in [0.25, 0.3) is 0 Å². The molecule has 1 heterocycles. The van der Waals surface area contributed by atoms with Gasteiger partial charge in [0.1, 0.15) is 6.10 Å². The Bertz CT molecular complexity index is 97.2. The maximum Gasteiger partial charge on any atom is 0.115 e. The molecular formula is C6H11NO2. The summed E-state index contributed by atoms with van der Waals surface area (Å²) in [7, 11) is 1.73. The molecule has 1 fully saturated rings. The van der Waals surface area contributed by atoms with Gasteiger partial charge in [0.2, 0.25) is 0 Å². The summed E-state index contributed by atoms with van der Waals surface area (Å²) in [6.07, 6.45) is 1.85. The number of hydrogen-bond acceptors (Lipinski definition) is 3. The fourth-order valence-corrected chi connectivity index (χ4v) is 0.758. The summed E-state index contributed by atoms with van der Waals surface area (Å²) in [4.78, 5) is 3.83. The Labute approximate surface area is 54.7 Å². The van der Waals surface area contributed by atoms with E-state index in [1.807, 2.05) is 0 Å². The van der Waals surface area contributed by atoms with Crippen LogP contribution in [0.5, 0.6) is 0 Å². The van der Waals surface area contributed by atoms with E-state index in [9.17, 15) is 0 Å². The van der Waals surface area contributed by atoms with E-state index in [4.69, 9.17) is 9.47 Å². The highest BCUT2D eigenvalue weighted by molar-refractivity contribution is 5.63. The largest absolute Gasteiger partial charge is 0.376 e. The lowest BCUT2D eigenvalue weighted by Crippen LogP contribution is -2.29. The third-order valence-corrected chi connectivity index (χ3v) is 1.16. The van der Waals surface area contributed by atoms with Gasteiger partial charge in [0.25, 0.3) is 0 Å². The molecule has 0 spiro atoms. The van der Waals surface area contributed by atoms with E-state index in [1.54, 1.807) is 13.3 Å². The van der Waals surface area contributed by atoms with Crippen molar-refractivity contribution in [3.05, 3.63) is 0 Å². The fourth-order valence-electron chi connectivity index (χ4n) is 0.758. The van der Waals surface area contributed by atoms with E-state index in [0.717, 1.165) is 0 Å². The fraction of sp³-hybridized carbons (Fsp3) is 0.833. The van der Waals surface area contributed by atoms with Gasteiger partial charge in [-0.15, -0.1) is 0 Å². The van der Waals surface area contributed by atoms with Crippen molar-refractivity contribution in [3.8, 4) is 0 Å². The van der Waals surface area contributed by atoms with Gasteiger partial charge in [-0.3, -0.25) is 4.99 Å². The van der Waals surface area contributed by atoms with E-state index in [1.165, 1.54) is 0 Å². The first kappa shape index (κ1) is 6.71. The Kier molecular flexibility index (Phi) is 2.67. The van der Waals surface area contributed by atoms with Crippen LogP contribution < -0.4 is 0 Å². The Morgan fingerprint density at radius 2 is 2.44 bits per heavy atom. The lowest BCUT2D eigenvalue weighted by molar-refractivity contribution is -0.0574. The summed E-state index contributed by atoms with van der Waals surface area (Å²) in [6.45, 7) is 2.06. The molecule has 1 saturated heterocycles. The zero-order chi connectivity index (χ0) is 6.53. The third-order valence-electron chi connectivity index (χ3n) is 1.16. The molecule has 9 heavy (non-hydrogen) atoms. The Balaban J connectivity index is 2.23. The number of hydrogen-bond donors (Lipinski definition) is 0. The first-order valence-electron chi connectivity index (χ1n) is 3.05. The molecule has 3 nitrogen and oxygen atoms in total. The molecule has 0 saturated carbocycles. The highest BCUT2D eigenvalue weighted by atomic mass is 16.6. The van der Waals surface area contributed by atoms with Gasteiger partial charge in [0.15, 0.2) is 0 Å². The predicted octanol–water partition coefficient (Wildman–Crippen LogP) is 0.102. The lowest BCUT2D eigenvalue weighted by atomic mass is 10.4. The molecule has 1 rings (SSSR count). The minimum Gasteiger partial charge on any atom is -0.376 e. The molecule has 1 aliphatic rings. The lowest BCUT2D eigenvalue weighted by Gasteiger charge is -2.18. The van der Waals surface area contributed by atoms with Gasteiger partial charge in [0, 0.05) is 13.3 Å². The monoisotopic (exact) mass is 129 g/mol. The maximum atomic E-state index is 5.24. The molecule has 0 bridgehead atoms. The van der Waals surface area contributed by atoms with E-state index in [-0.39, 0.29) is 6.10 Å². The molecule has 0 radical (unpaired) electrons. The Morgan fingerprint density at radius 3 is 3.00 bits per heavy atom. The summed E-state index contributed by atoms with van der Waals surface area (Å²) in [6, 6.07) is 0. The first-order valence-corrected chi connectivity index (χ1v) is 3.05. The SMILES string of the molecule is CN=CC1COCCO1. The van der Waals surface area contributed by atoms with Gasteiger partial charge in [-0.25, -0.2) is 0 Å². The van der Waals surface area contributed by atoms with Crippen molar-refractivity contribution in [1.82, 2.24) is 0 Å². The minimum absolute atomic E-state index is 0.0868. The first-order chi connectivity index (χ1) is 4.43. The number of ether oxygens (including phenoxy) is 2. The van der Waals surface area contributed by atoms with Crippen LogP contribution >= 0.6 is 0 Å².